The zero-order valence-electron chi connectivity index (χ0n) is 16.7. The molecule has 2 aliphatic rings. The summed E-state index contributed by atoms with van der Waals surface area (Å²) in [5.74, 6) is 1.81. The molecule has 1 saturated carbocycles. The highest BCUT2D eigenvalue weighted by atomic mass is 35.5. The van der Waals surface area contributed by atoms with Gasteiger partial charge in [0.25, 0.3) is 0 Å². The van der Waals surface area contributed by atoms with Gasteiger partial charge in [0.1, 0.15) is 5.75 Å². The molecule has 2 fully saturated rings. The summed E-state index contributed by atoms with van der Waals surface area (Å²) in [6, 6.07) is 6.19. The molecule has 0 aromatic heterocycles. The lowest BCUT2D eigenvalue weighted by atomic mass is 10.1. The number of halogens is 1. The van der Waals surface area contributed by atoms with Crippen LogP contribution in [0.5, 0.6) is 5.75 Å². The minimum absolute atomic E-state index is 0.148. The number of carbonyl (C=O) groups is 1. The average molecular weight is 408 g/mol. The molecular formula is C20H30ClN5O2. The molecule has 1 aromatic rings. The van der Waals surface area contributed by atoms with Gasteiger partial charge in [0.2, 0.25) is 5.91 Å². The lowest BCUT2D eigenvalue weighted by Gasteiger charge is -2.36. The van der Waals surface area contributed by atoms with Crippen LogP contribution < -0.4 is 15.4 Å². The van der Waals surface area contributed by atoms with Crippen molar-refractivity contribution < 1.29 is 9.53 Å². The Morgan fingerprint density at radius 2 is 2.04 bits per heavy atom. The molecule has 1 amide bonds. The molecule has 7 nitrogen and oxygen atoms in total. The van der Waals surface area contributed by atoms with Crippen molar-refractivity contribution >= 4 is 23.5 Å². The van der Waals surface area contributed by atoms with Gasteiger partial charge in [-0.2, -0.15) is 0 Å². The van der Waals surface area contributed by atoms with Gasteiger partial charge in [-0.3, -0.25) is 14.7 Å². The summed E-state index contributed by atoms with van der Waals surface area (Å²) < 4.78 is 5.19. The summed E-state index contributed by atoms with van der Waals surface area (Å²) in [6.45, 7) is 4.70. The second kappa shape index (κ2) is 9.98. The van der Waals surface area contributed by atoms with Crippen LogP contribution >= 0.6 is 11.6 Å². The fraction of sp³-hybridized carbons (Fsp3) is 0.600. The maximum absolute atomic E-state index is 12.0. The predicted octanol–water partition coefficient (Wildman–Crippen LogP) is 1.36. The molecular weight excluding hydrogens is 378 g/mol. The Labute approximate surface area is 172 Å². The molecule has 8 heteroatoms. The second-order valence-corrected chi connectivity index (χ2v) is 7.69. The number of amides is 1. The smallest absolute Gasteiger partial charge is 0.234 e. The number of methoxy groups -OCH3 is 1. The van der Waals surface area contributed by atoms with Gasteiger partial charge in [0.05, 0.1) is 13.7 Å². The lowest BCUT2D eigenvalue weighted by Crippen LogP contribution is -2.54. The third-order valence-corrected chi connectivity index (χ3v) is 5.48. The average Bonchev–Trinajstić information content (AvgIpc) is 3.51. The highest BCUT2D eigenvalue weighted by molar-refractivity contribution is 6.31. The van der Waals surface area contributed by atoms with Crippen molar-refractivity contribution in [2.45, 2.75) is 25.3 Å². The summed E-state index contributed by atoms with van der Waals surface area (Å²) in [7, 11) is 3.44. The Kier molecular flexibility index (Phi) is 7.39. The first kappa shape index (κ1) is 20.7. The van der Waals surface area contributed by atoms with Gasteiger partial charge in [-0.25, -0.2) is 0 Å². The van der Waals surface area contributed by atoms with Crippen molar-refractivity contribution in [2.75, 3.05) is 53.4 Å². The van der Waals surface area contributed by atoms with E-state index >= 15 is 0 Å². The first-order chi connectivity index (χ1) is 13.6. The topological polar surface area (TPSA) is 69.2 Å². The first-order valence-corrected chi connectivity index (χ1v) is 10.3. The van der Waals surface area contributed by atoms with Crippen LogP contribution in [0.3, 0.4) is 0 Å². The Bertz CT molecular complexity index is 700. The lowest BCUT2D eigenvalue weighted by molar-refractivity contribution is -0.122. The summed E-state index contributed by atoms with van der Waals surface area (Å²) in [6.07, 6.45) is 3.07. The van der Waals surface area contributed by atoms with E-state index in [1.807, 2.05) is 18.2 Å². The molecule has 1 aliphatic carbocycles. The molecule has 0 radical (unpaired) electrons. The zero-order valence-corrected chi connectivity index (χ0v) is 17.5. The summed E-state index contributed by atoms with van der Waals surface area (Å²) in [5.41, 5.74) is 1.08. The molecule has 0 bridgehead atoms. The normalized spacial score (nSPS) is 18.1. The number of benzene rings is 1. The van der Waals surface area contributed by atoms with E-state index in [-0.39, 0.29) is 5.91 Å². The van der Waals surface area contributed by atoms with Crippen molar-refractivity contribution in [3.63, 3.8) is 0 Å². The highest BCUT2D eigenvalue weighted by Crippen LogP contribution is 2.22. The van der Waals surface area contributed by atoms with Crippen LogP contribution in [-0.4, -0.2) is 81.1 Å². The quantitative estimate of drug-likeness (QED) is 0.527. The molecule has 1 heterocycles. The number of guanidine groups is 1. The Morgan fingerprint density at radius 3 is 2.64 bits per heavy atom. The molecule has 0 atom stereocenters. The molecule has 2 N–H and O–H groups in total. The van der Waals surface area contributed by atoms with Crippen molar-refractivity contribution in [2.24, 2.45) is 4.99 Å². The molecule has 154 valence electrons. The molecule has 0 spiro atoms. The highest BCUT2D eigenvalue weighted by Gasteiger charge is 2.25. The van der Waals surface area contributed by atoms with Crippen LogP contribution in [0.2, 0.25) is 5.02 Å². The van der Waals surface area contributed by atoms with Crippen molar-refractivity contribution in [1.29, 1.82) is 0 Å². The number of carbonyl (C=O) groups excluding carboxylic acids is 1. The van der Waals surface area contributed by atoms with E-state index in [0.29, 0.717) is 17.6 Å². The predicted molar refractivity (Wildman–Crippen MR) is 112 cm³/mol. The second-order valence-electron chi connectivity index (χ2n) is 7.29. The van der Waals surface area contributed by atoms with E-state index in [0.717, 1.165) is 69.3 Å². The summed E-state index contributed by atoms with van der Waals surface area (Å²) in [4.78, 5) is 20.8. The Morgan fingerprint density at radius 1 is 1.29 bits per heavy atom. The maximum Gasteiger partial charge on any atom is 0.234 e. The number of hydrogen-bond donors (Lipinski definition) is 2. The number of rotatable bonds is 7. The van der Waals surface area contributed by atoms with E-state index in [2.05, 4.69) is 25.4 Å². The van der Waals surface area contributed by atoms with Crippen molar-refractivity contribution in [1.82, 2.24) is 20.4 Å². The third-order valence-electron chi connectivity index (χ3n) is 5.13. The van der Waals surface area contributed by atoms with Crippen molar-refractivity contribution in [3.8, 4) is 5.75 Å². The van der Waals surface area contributed by atoms with E-state index in [1.165, 1.54) is 0 Å². The Balaban J connectivity index is 1.40. The SMILES string of the molecule is CN=C(NCCc1ccc(OC)cc1Cl)N1CCN(CC(=O)NC2CC2)CC1. The van der Waals surface area contributed by atoms with Gasteiger partial charge in [0, 0.05) is 50.8 Å². The van der Waals surface area contributed by atoms with Crippen LogP contribution in [0.4, 0.5) is 0 Å². The minimum Gasteiger partial charge on any atom is -0.497 e. The molecule has 1 aliphatic heterocycles. The zero-order chi connectivity index (χ0) is 19.9. The summed E-state index contributed by atoms with van der Waals surface area (Å²) >= 11 is 6.31. The van der Waals surface area contributed by atoms with E-state index in [9.17, 15) is 4.79 Å². The van der Waals surface area contributed by atoms with Crippen LogP contribution in [0, 0.1) is 0 Å². The molecule has 28 heavy (non-hydrogen) atoms. The van der Waals surface area contributed by atoms with Crippen LogP contribution in [0.15, 0.2) is 23.2 Å². The monoisotopic (exact) mass is 407 g/mol. The van der Waals surface area contributed by atoms with Gasteiger partial charge in [0.15, 0.2) is 5.96 Å². The van der Waals surface area contributed by atoms with E-state index in [4.69, 9.17) is 16.3 Å². The minimum atomic E-state index is 0.148. The summed E-state index contributed by atoms with van der Waals surface area (Å²) in [5, 5.41) is 7.19. The molecule has 1 saturated heterocycles. The van der Waals surface area contributed by atoms with Crippen LogP contribution in [0.1, 0.15) is 18.4 Å². The van der Waals surface area contributed by atoms with E-state index < -0.39 is 0 Å². The standard InChI is InChI=1S/C20H30ClN5O2/c1-22-20(23-8-7-15-3-6-17(28-2)13-18(15)21)26-11-9-25(10-12-26)14-19(27)24-16-4-5-16/h3,6,13,16H,4-5,7-12,14H2,1-2H3,(H,22,23)(H,24,27). The fourth-order valence-electron chi connectivity index (χ4n) is 3.32. The fourth-order valence-corrected chi connectivity index (χ4v) is 3.59. The number of ether oxygens (including phenoxy) is 1. The van der Waals surface area contributed by atoms with Gasteiger partial charge in [-0.05, 0) is 37.0 Å². The van der Waals surface area contributed by atoms with Crippen LogP contribution in [-0.2, 0) is 11.2 Å². The molecule has 1 aromatic carbocycles. The third kappa shape index (κ3) is 6.01. The van der Waals surface area contributed by atoms with Gasteiger partial charge >= 0.3 is 0 Å². The van der Waals surface area contributed by atoms with Gasteiger partial charge < -0.3 is 20.3 Å². The largest absolute Gasteiger partial charge is 0.497 e. The number of nitrogens with zero attached hydrogens (tertiary/aromatic N) is 3. The maximum atomic E-state index is 12.0. The number of piperazine rings is 1. The van der Waals surface area contributed by atoms with Crippen LogP contribution in [0.25, 0.3) is 0 Å². The van der Waals surface area contributed by atoms with Gasteiger partial charge in [-0.15, -0.1) is 0 Å². The number of nitrogens with one attached hydrogen (secondary N) is 2. The van der Waals surface area contributed by atoms with E-state index in [1.54, 1.807) is 14.2 Å². The number of hydrogen-bond acceptors (Lipinski definition) is 4. The van der Waals surface area contributed by atoms with Gasteiger partial charge in [-0.1, -0.05) is 17.7 Å². The van der Waals surface area contributed by atoms with Crippen molar-refractivity contribution in [3.05, 3.63) is 28.8 Å². The number of aliphatic imine (C=N–C) groups is 1. The Hall–Kier alpha value is -1.99. The molecule has 0 unspecified atom stereocenters. The first-order valence-electron chi connectivity index (χ1n) is 9.88. The molecule has 3 rings (SSSR count).